The Balaban J connectivity index is 2.89. The molecule has 0 aliphatic rings. The molecule has 0 bridgehead atoms. The van der Waals surface area contributed by atoms with Crippen molar-refractivity contribution < 1.29 is 8.78 Å². The monoisotopic (exact) mass is 159 g/mol. The number of nitrogens with one attached hydrogen (secondary N) is 1. The van der Waals surface area contributed by atoms with Crippen LogP contribution in [0.4, 0.5) is 14.6 Å². The van der Waals surface area contributed by atoms with E-state index in [2.05, 4.69) is 15.3 Å². The quantitative estimate of drug-likeness (QED) is 0.520. The first-order valence-corrected chi connectivity index (χ1v) is 3.16. The van der Waals surface area contributed by atoms with Crippen molar-refractivity contribution in [2.24, 2.45) is 0 Å². The molecule has 0 atom stereocenters. The topological polar surface area (TPSA) is 37.8 Å². The molecule has 0 spiro atoms. The fourth-order valence-corrected chi connectivity index (χ4v) is 0.662. The molecule has 1 aromatic heterocycles. The van der Waals surface area contributed by atoms with E-state index in [9.17, 15) is 8.78 Å². The zero-order chi connectivity index (χ0) is 8.27. The van der Waals surface area contributed by atoms with Gasteiger partial charge in [0.2, 0.25) is 5.95 Å². The minimum Gasteiger partial charge on any atom is -0.370 e. The highest BCUT2D eigenvalue weighted by Crippen LogP contribution is 2.03. The van der Waals surface area contributed by atoms with Crippen LogP contribution in [0.1, 0.15) is 6.92 Å². The Bertz CT molecular complexity index is 231. The van der Waals surface area contributed by atoms with Crippen molar-refractivity contribution in [1.29, 1.82) is 0 Å². The highest BCUT2D eigenvalue weighted by Gasteiger charge is 2.00. The minimum absolute atomic E-state index is 0.164. The van der Waals surface area contributed by atoms with E-state index in [4.69, 9.17) is 0 Å². The van der Waals surface area contributed by atoms with Gasteiger partial charge < -0.3 is 5.32 Å². The molecule has 60 valence electrons. The van der Waals surface area contributed by atoms with Crippen LogP contribution in [0.25, 0.3) is 0 Å². The van der Waals surface area contributed by atoms with Crippen LogP contribution >= 0.6 is 0 Å². The SMILES string of the molecule is CCNc1cc(F)nc(F)n1. The van der Waals surface area contributed by atoms with E-state index < -0.39 is 12.0 Å². The van der Waals surface area contributed by atoms with Gasteiger partial charge >= 0.3 is 6.08 Å². The molecular formula is C6H7F2N3. The van der Waals surface area contributed by atoms with Crippen LogP contribution in [-0.4, -0.2) is 16.5 Å². The third kappa shape index (κ3) is 2.10. The van der Waals surface area contributed by atoms with Crippen LogP contribution in [-0.2, 0) is 0 Å². The van der Waals surface area contributed by atoms with Crippen molar-refractivity contribution in [2.45, 2.75) is 6.92 Å². The molecule has 1 N–H and O–H groups in total. The van der Waals surface area contributed by atoms with Crippen molar-refractivity contribution in [1.82, 2.24) is 9.97 Å². The van der Waals surface area contributed by atoms with Gasteiger partial charge in [-0.15, -0.1) is 0 Å². The van der Waals surface area contributed by atoms with Crippen LogP contribution in [0.3, 0.4) is 0 Å². The summed E-state index contributed by atoms with van der Waals surface area (Å²) in [5, 5.41) is 2.66. The maximum Gasteiger partial charge on any atom is 0.313 e. The Morgan fingerprint density at radius 2 is 2.18 bits per heavy atom. The number of nitrogens with zero attached hydrogens (tertiary/aromatic N) is 2. The number of hydrogen-bond acceptors (Lipinski definition) is 3. The predicted octanol–water partition coefficient (Wildman–Crippen LogP) is 1.19. The van der Waals surface area contributed by atoms with Crippen LogP contribution in [0.15, 0.2) is 6.07 Å². The summed E-state index contributed by atoms with van der Waals surface area (Å²) in [4.78, 5) is 6.13. The maximum atomic E-state index is 12.3. The van der Waals surface area contributed by atoms with Crippen LogP contribution in [0.2, 0.25) is 0 Å². The highest BCUT2D eigenvalue weighted by atomic mass is 19.1. The molecule has 0 saturated heterocycles. The second kappa shape index (κ2) is 3.23. The van der Waals surface area contributed by atoms with E-state index >= 15 is 0 Å². The van der Waals surface area contributed by atoms with E-state index in [1.807, 2.05) is 0 Å². The lowest BCUT2D eigenvalue weighted by atomic mass is 10.5. The molecule has 0 unspecified atom stereocenters. The number of anilines is 1. The van der Waals surface area contributed by atoms with Gasteiger partial charge in [0.25, 0.3) is 0 Å². The molecule has 11 heavy (non-hydrogen) atoms. The molecule has 1 rings (SSSR count). The standard InChI is InChI=1S/C6H7F2N3/c1-2-9-5-3-4(7)10-6(8)11-5/h3H,2H2,1H3,(H,9,10,11). The fraction of sp³-hybridized carbons (Fsp3) is 0.333. The zero-order valence-electron chi connectivity index (χ0n) is 5.93. The average molecular weight is 159 g/mol. The molecule has 0 aliphatic heterocycles. The zero-order valence-corrected chi connectivity index (χ0v) is 5.93. The summed E-state index contributed by atoms with van der Waals surface area (Å²) in [5.74, 6) is -0.703. The van der Waals surface area contributed by atoms with Gasteiger partial charge in [-0.05, 0) is 6.92 Å². The molecule has 0 aromatic carbocycles. The normalized spacial score (nSPS) is 9.73. The molecular weight excluding hydrogens is 152 g/mol. The van der Waals surface area contributed by atoms with Crippen molar-refractivity contribution in [3.8, 4) is 0 Å². The Kier molecular flexibility index (Phi) is 2.30. The van der Waals surface area contributed by atoms with Crippen molar-refractivity contribution in [2.75, 3.05) is 11.9 Å². The van der Waals surface area contributed by atoms with Gasteiger partial charge in [-0.1, -0.05) is 0 Å². The second-order valence-electron chi connectivity index (χ2n) is 1.88. The molecule has 3 nitrogen and oxygen atoms in total. The Morgan fingerprint density at radius 1 is 1.45 bits per heavy atom. The van der Waals surface area contributed by atoms with Gasteiger partial charge in [0.15, 0.2) is 0 Å². The summed E-state index contributed by atoms with van der Waals surface area (Å²) in [7, 11) is 0. The number of rotatable bonds is 2. The van der Waals surface area contributed by atoms with E-state index in [1.165, 1.54) is 0 Å². The molecule has 5 heteroatoms. The smallest absolute Gasteiger partial charge is 0.313 e. The number of aromatic nitrogens is 2. The average Bonchev–Trinajstić information content (AvgIpc) is 1.85. The summed E-state index contributed by atoms with van der Waals surface area (Å²) >= 11 is 0. The van der Waals surface area contributed by atoms with Crippen LogP contribution < -0.4 is 5.32 Å². The van der Waals surface area contributed by atoms with E-state index in [-0.39, 0.29) is 5.82 Å². The van der Waals surface area contributed by atoms with Crippen molar-refractivity contribution in [3.05, 3.63) is 18.1 Å². The Morgan fingerprint density at radius 3 is 2.73 bits per heavy atom. The highest BCUT2D eigenvalue weighted by molar-refractivity contribution is 5.31. The summed E-state index contributed by atoms with van der Waals surface area (Å²) < 4.78 is 24.6. The van der Waals surface area contributed by atoms with Gasteiger partial charge in [0.05, 0.1) is 0 Å². The van der Waals surface area contributed by atoms with Crippen molar-refractivity contribution >= 4 is 5.82 Å². The molecule has 0 fully saturated rings. The van der Waals surface area contributed by atoms with Gasteiger partial charge in [-0.25, -0.2) is 0 Å². The lowest BCUT2D eigenvalue weighted by Gasteiger charge is -1.99. The van der Waals surface area contributed by atoms with Gasteiger partial charge in [-0.3, -0.25) is 0 Å². The summed E-state index contributed by atoms with van der Waals surface area (Å²) in [6, 6.07) is 1.03. The lowest BCUT2D eigenvalue weighted by Crippen LogP contribution is -2.03. The van der Waals surface area contributed by atoms with Gasteiger partial charge in [0, 0.05) is 12.6 Å². The number of hydrogen-bond donors (Lipinski definition) is 1. The Hall–Kier alpha value is -1.26. The molecule has 0 saturated carbocycles. The van der Waals surface area contributed by atoms with Gasteiger partial charge in [0.1, 0.15) is 5.82 Å². The first-order valence-electron chi connectivity index (χ1n) is 3.16. The maximum absolute atomic E-state index is 12.3. The minimum atomic E-state index is -1.05. The summed E-state index contributed by atoms with van der Waals surface area (Å²) in [6.45, 7) is 2.37. The lowest BCUT2D eigenvalue weighted by molar-refractivity contribution is 0.484. The third-order valence-corrected chi connectivity index (χ3v) is 1.03. The van der Waals surface area contributed by atoms with E-state index in [0.717, 1.165) is 6.07 Å². The van der Waals surface area contributed by atoms with E-state index in [0.29, 0.717) is 6.54 Å². The molecule has 0 radical (unpaired) electrons. The van der Waals surface area contributed by atoms with E-state index in [1.54, 1.807) is 6.92 Å². The number of halogens is 2. The second-order valence-corrected chi connectivity index (χ2v) is 1.88. The molecule has 1 heterocycles. The summed E-state index contributed by atoms with van der Waals surface area (Å²) in [5.41, 5.74) is 0. The summed E-state index contributed by atoms with van der Waals surface area (Å²) in [6.07, 6.45) is -1.05. The first-order chi connectivity index (χ1) is 5.22. The molecule has 0 amide bonds. The fourth-order valence-electron chi connectivity index (χ4n) is 0.662. The first kappa shape index (κ1) is 7.84. The molecule has 1 aromatic rings. The van der Waals surface area contributed by atoms with Crippen molar-refractivity contribution in [3.63, 3.8) is 0 Å². The molecule has 0 aliphatic carbocycles. The third-order valence-electron chi connectivity index (χ3n) is 1.03. The van der Waals surface area contributed by atoms with Crippen LogP contribution in [0.5, 0.6) is 0 Å². The van der Waals surface area contributed by atoms with Crippen LogP contribution in [0, 0.1) is 12.0 Å². The largest absolute Gasteiger partial charge is 0.370 e. The van der Waals surface area contributed by atoms with Gasteiger partial charge in [-0.2, -0.15) is 18.7 Å². The predicted molar refractivity (Wildman–Crippen MR) is 36.1 cm³/mol. The Labute approximate surface area is 62.5 Å².